The van der Waals surface area contributed by atoms with Gasteiger partial charge in [0.1, 0.15) is 11.5 Å². The highest BCUT2D eigenvalue weighted by Gasteiger charge is 2.31. The summed E-state index contributed by atoms with van der Waals surface area (Å²) in [6, 6.07) is 13.9. The first kappa shape index (κ1) is 22.7. The fourth-order valence-corrected chi connectivity index (χ4v) is 3.95. The van der Waals surface area contributed by atoms with Crippen LogP contribution in [-0.2, 0) is 21.1 Å². The molecule has 0 aromatic heterocycles. The standard InChI is InChI=1S/C20H22F3NO4S/c1-15(17-9-11-18(12-10-17)28-20(21,22)23)24-19(25)14-29(26,27)13-5-8-16-6-3-2-4-7-16/h2-4,6-7,9-12,15H,5,8,13-14H2,1H3,(H,24,25). The Bertz CT molecular complexity index is 898. The Balaban J connectivity index is 1.82. The van der Waals surface area contributed by atoms with Gasteiger partial charge >= 0.3 is 6.36 Å². The second-order valence-electron chi connectivity index (χ2n) is 6.59. The molecule has 29 heavy (non-hydrogen) atoms. The van der Waals surface area contributed by atoms with Crippen molar-refractivity contribution in [3.05, 3.63) is 65.7 Å². The van der Waals surface area contributed by atoms with E-state index in [-0.39, 0.29) is 11.5 Å². The van der Waals surface area contributed by atoms with Crippen LogP contribution in [0.4, 0.5) is 13.2 Å². The molecule has 1 atom stereocenters. The van der Waals surface area contributed by atoms with Crippen molar-refractivity contribution in [2.45, 2.75) is 32.2 Å². The van der Waals surface area contributed by atoms with Gasteiger partial charge in [0.15, 0.2) is 9.84 Å². The molecule has 5 nitrogen and oxygen atoms in total. The lowest BCUT2D eigenvalue weighted by atomic mass is 10.1. The molecule has 0 spiro atoms. The molecule has 0 saturated carbocycles. The molecule has 1 N–H and O–H groups in total. The van der Waals surface area contributed by atoms with Gasteiger partial charge in [0, 0.05) is 0 Å². The maximum atomic E-state index is 12.2. The minimum atomic E-state index is -4.78. The van der Waals surface area contributed by atoms with Crippen LogP contribution in [-0.4, -0.2) is 32.2 Å². The van der Waals surface area contributed by atoms with E-state index in [1.807, 2.05) is 30.3 Å². The molecule has 0 saturated heterocycles. The van der Waals surface area contributed by atoms with Crippen molar-refractivity contribution in [3.63, 3.8) is 0 Å². The molecule has 2 aromatic rings. The molecule has 2 rings (SSSR count). The van der Waals surface area contributed by atoms with Crippen molar-refractivity contribution in [2.24, 2.45) is 0 Å². The summed E-state index contributed by atoms with van der Waals surface area (Å²) >= 11 is 0. The fraction of sp³-hybridized carbons (Fsp3) is 0.350. The van der Waals surface area contributed by atoms with E-state index >= 15 is 0 Å². The number of alkyl halides is 3. The van der Waals surface area contributed by atoms with Crippen LogP contribution >= 0.6 is 0 Å². The van der Waals surface area contributed by atoms with Gasteiger partial charge in [0.25, 0.3) is 0 Å². The summed E-state index contributed by atoms with van der Waals surface area (Å²) < 4.78 is 64.6. The number of nitrogens with one attached hydrogen (secondary N) is 1. The minimum absolute atomic E-state index is 0.104. The number of hydrogen-bond donors (Lipinski definition) is 1. The Kier molecular flexibility index (Phi) is 7.66. The molecule has 0 aliphatic rings. The average Bonchev–Trinajstić information content (AvgIpc) is 2.61. The number of sulfone groups is 1. The monoisotopic (exact) mass is 429 g/mol. The average molecular weight is 429 g/mol. The molecule has 0 aliphatic carbocycles. The Hall–Kier alpha value is -2.55. The first-order chi connectivity index (χ1) is 13.5. The minimum Gasteiger partial charge on any atom is -0.406 e. The molecule has 1 unspecified atom stereocenters. The van der Waals surface area contributed by atoms with Gasteiger partial charge in [0.05, 0.1) is 11.8 Å². The number of ether oxygens (including phenoxy) is 1. The van der Waals surface area contributed by atoms with Crippen LogP contribution in [0.1, 0.15) is 30.5 Å². The first-order valence-corrected chi connectivity index (χ1v) is 10.8. The van der Waals surface area contributed by atoms with Crippen LogP contribution in [0.25, 0.3) is 0 Å². The van der Waals surface area contributed by atoms with Gasteiger partial charge in [-0.15, -0.1) is 13.2 Å². The van der Waals surface area contributed by atoms with Crippen LogP contribution in [0.2, 0.25) is 0 Å². The number of hydrogen-bond acceptors (Lipinski definition) is 4. The normalized spacial score (nSPS) is 13.0. The third-order valence-corrected chi connectivity index (χ3v) is 5.72. The molecule has 0 radical (unpaired) electrons. The van der Waals surface area contributed by atoms with Crippen LogP contribution < -0.4 is 10.1 Å². The second kappa shape index (κ2) is 9.78. The number of benzene rings is 2. The summed E-state index contributed by atoms with van der Waals surface area (Å²) in [5.41, 5.74) is 1.55. The quantitative estimate of drug-likeness (QED) is 0.658. The zero-order valence-corrected chi connectivity index (χ0v) is 16.6. The van der Waals surface area contributed by atoms with Gasteiger partial charge in [0.2, 0.25) is 5.91 Å². The smallest absolute Gasteiger partial charge is 0.406 e. The highest BCUT2D eigenvalue weighted by molar-refractivity contribution is 7.92. The Labute approximate surface area is 167 Å². The van der Waals surface area contributed by atoms with Gasteiger partial charge < -0.3 is 10.1 Å². The maximum Gasteiger partial charge on any atom is 0.573 e. The molecule has 0 aliphatic heterocycles. The molecular weight excluding hydrogens is 407 g/mol. The van der Waals surface area contributed by atoms with E-state index in [1.54, 1.807) is 6.92 Å². The third kappa shape index (κ3) is 8.55. The molecular formula is C20H22F3NO4S. The molecule has 9 heteroatoms. The predicted octanol–water partition coefficient (Wildman–Crippen LogP) is 3.81. The second-order valence-corrected chi connectivity index (χ2v) is 8.77. The summed E-state index contributed by atoms with van der Waals surface area (Å²) in [6.07, 6.45) is -3.77. The summed E-state index contributed by atoms with van der Waals surface area (Å²) in [5, 5.41) is 2.55. The maximum absolute atomic E-state index is 12.2. The van der Waals surface area contributed by atoms with Gasteiger partial charge in [-0.05, 0) is 43.0 Å². The van der Waals surface area contributed by atoms with Crippen LogP contribution in [0, 0.1) is 0 Å². The predicted molar refractivity (Wildman–Crippen MR) is 103 cm³/mol. The molecule has 158 valence electrons. The molecule has 2 aromatic carbocycles. The highest BCUT2D eigenvalue weighted by Crippen LogP contribution is 2.24. The Morgan fingerprint density at radius 2 is 1.69 bits per heavy atom. The fourth-order valence-electron chi connectivity index (χ4n) is 2.74. The lowest BCUT2D eigenvalue weighted by Gasteiger charge is -2.15. The molecule has 0 heterocycles. The number of carbonyl (C=O) groups is 1. The van der Waals surface area contributed by atoms with E-state index in [4.69, 9.17) is 0 Å². The van der Waals surface area contributed by atoms with E-state index in [1.165, 1.54) is 12.1 Å². The van der Waals surface area contributed by atoms with Crippen LogP contribution in [0.3, 0.4) is 0 Å². The lowest BCUT2D eigenvalue weighted by Crippen LogP contribution is -2.33. The molecule has 0 bridgehead atoms. The van der Waals surface area contributed by atoms with E-state index in [0.29, 0.717) is 18.4 Å². The lowest BCUT2D eigenvalue weighted by molar-refractivity contribution is -0.274. The summed E-state index contributed by atoms with van der Waals surface area (Å²) in [7, 11) is -3.56. The Morgan fingerprint density at radius 3 is 2.28 bits per heavy atom. The van der Waals surface area contributed by atoms with E-state index in [0.717, 1.165) is 17.7 Å². The van der Waals surface area contributed by atoms with Crippen molar-refractivity contribution in [2.75, 3.05) is 11.5 Å². The van der Waals surface area contributed by atoms with E-state index in [9.17, 15) is 26.4 Å². The number of aryl methyl sites for hydroxylation is 1. The van der Waals surface area contributed by atoms with Crippen molar-refractivity contribution in [1.82, 2.24) is 5.32 Å². The first-order valence-electron chi connectivity index (χ1n) is 8.93. The van der Waals surface area contributed by atoms with Crippen molar-refractivity contribution in [3.8, 4) is 5.75 Å². The van der Waals surface area contributed by atoms with Gasteiger partial charge in [-0.3, -0.25) is 4.79 Å². The summed E-state index contributed by atoms with van der Waals surface area (Å²) in [4.78, 5) is 12.1. The number of amides is 1. The van der Waals surface area contributed by atoms with E-state index < -0.39 is 33.9 Å². The number of carbonyl (C=O) groups excluding carboxylic acids is 1. The highest BCUT2D eigenvalue weighted by atomic mass is 32.2. The molecule has 1 amide bonds. The largest absolute Gasteiger partial charge is 0.573 e. The zero-order chi connectivity index (χ0) is 21.5. The number of halogens is 3. The molecule has 0 fully saturated rings. The van der Waals surface area contributed by atoms with Gasteiger partial charge in [-0.1, -0.05) is 42.5 Å². The zero-order valence-electron chi connectivity index (χ0n) is 15.8. The number of rotatable bonds is 9. The summed E-state index contributed by atoms with van der Waals surface area (Å²) in [6.45, 7) is 1.61. The van der Waals surface area contributed by atoms with Gasteiger partial charge in [-0.2, -0.15) is 0 Å². The topological polar surface area (TPSA) is 72.5 Å². The van der Waals surface area contributed by atoms with Crippen molar-refractivity contribution in [1.29, 1.82) is 0 Å². The SMILES string of the molecule is CC(NC(=O)CS(=O)(=O)CCCc1ccccc1)c1ccc(OC(F)(F)F)cc1. The Morgan fingerprint density at radius 1 is 1.07 bits per heavy atom. The van der Waals surface area contributed by atoms with Crippen molar-refractivity contribution >= 4 is 15.7 Å². The van der Waals surface area contributed by atoms with Crippen LogP contribution in [0.5, 0.6) is 5.75 Å². The van der Waals surface area contributed by atoms with Crippen molar-refractivity contribution < 1.29 is 31.1 Å². The van der Waals surface area contributed by atoms with Crippen LogP contribution in [0.15, 0.2) is 54.6 Å². The summed E-state index contributed by atoms with van der Waals surface area (Å²) in [5.74, 6) is -1.78. The third-order valence-electron chi connectivity index (χ3n) is 4.11. The van der Waals surface area contributed by atoms with Gasteiger partial charge in [-0.25, -0.2) is 8.42 Å². The van der Waals surface area contributed by atoms with E-state index in [2.05, 4.69) is 10.1 Å².